The zero-order valence-electron chi connectivity index (χ0n) is 9.78. The molecule has 1 aliphatic rings. The zero-order valence-corrected chi connectivity index (χ0v) is 9.78. The predicted molar refractivity (Wildman–Crippen MR) is 66.6 cm³/mol. The molecule has 96 valence electrons. The van der Waals surface area contributed by atoms with Gasteiger partial charge in [0.1, 0.15) is 6.17 Å². The van der Waals surface area contributed by atoms with Crippen molar-refractivity contribution in [2.75, 3.05) is 5.32 Å². The van der Waals surface area contributed by atoms with E-state index in [0.717, 1.165) is 12.1 Å². The second-order valence-electron chi connectivity index (χ2n) is 4.27. The van der Waals surface area contributed by atoms with Crippen molar-refractivity contribution >= 4 is 11.6 Å². The quantitative estimate of drug-likeness (QED) is 0.827. The Bertz CT molecular complexity index is 658. The highest BCUT2D eigenvalue weighted by Crippen LogP contribution is 2.26. The lowest BCUT2D eigenvalue weighted by Crippen LogP contribution is -2.38. The van der Waals surface area contributed by atoms with Gasteiger partial charge in [-0.25, -0.2) is 8.78 Å². The molecular weight excluding hydrogens is 250 g/mol. The summed E-state index contributed by atoms with van der Waals surface area (Å²) in [4.78, 5) is 11.9. The van der Waals surface area contributed by atoms with E-state index in [1.807, 2.05) is 0 Å². The maximum atomic E-state index is 13.2. The maximum absolute atomic E-state index is 13.2. The first-order chi connectivity index (χ1) is 9.15. The van der Waals surface area contributed by atoms with Crippen molar-refractivity contribution in [3.63, 3.8) is 0 Å². The average Bonchev–Trinajstić information content (AvgIpc) is 2.42. The summed E-state index contributed by atoms with van der Waals surface area (Å²) in [7, 11) is 0. The first-order valence-electron chi connectivity index (χ1n) is 5.76. The average molecular weight is 260 g/mol. The van der Waals surface area contributed by atoms with Gasteiger partial charge < -0.3 is 10.6 Å². The highest BCUT2D eigenvalue weighted by atomic mass is 19.2. The predicted octanol–water partition coefficient (Wildman–Crippen LogP) is 2.82. The van der Waals surface area contributed by atoms with E-state index < -0.39 is 17.8 Å². The van der Waals surface area contributed by atoms with Gasteiger partial charge in [-0.15, -0.1) is 0 Å². The third-order valence-corrected chi connectivity index (χ3v) is 3.02. The minimum atomic E-state index is -0.938. The van der Waals surface area contributed by atoms with Gasteiger partial charge in [-0.2, -0.15) is 0 Å². The van der Waals surface area contributed by atoms with Crippen LogP contribution in [0.5, 0.6) is 0 Å². The van der Waals surface area contributed by atoms with E-state index in [1.54, 1.807) is 24.3 Å². The van der Waals surface area contributed by atoms with Gasteiger partial charge >= 0.3 is 0 Å². The highest BCUT2D eigenvalue weighted by molar-refractivity contribution is 6.01. The van der Waals surface area contributed by atoms with Gasteiger partial charge in [0, 0.05) is 5.69 Å². The zero-order chi connectivity index (χ0) is 13.4. The molecule has 2 aromatic carbocycles. The number of para-hydroxylation sites is 1. The molecule has 2 N–H and O–H groups in total. The SMILES string of the molecule is O=C1NC(c2ccc(F)c(F)c2)Nc2ccccc21. The summed E-state index contributed by atoms with van der Waals surface area (Å²) in [5, 5.41) is 5.77. The van der Waals surface area contributed by atoms with Crippen LogP contribution in [0.3, 0.4) is 0 Å². The lowest BCUT2D eigenvalue weighted by molar-refractivity contribution is 0.0935. The van der Waals surface area contributed by atoms with E-state index >= 15 is 0 Å². The van der Waals surface area contributed by atoms with Crippen LogP contribution in [0.1, 0.15) is 22.1 Å². The monoisotopic (exact) mass is 260 g/mol. The Hall–Kier alpha value is -2.43. The standard InChI is InChI=1S/C14H10F2N2O/c15-10-6-5-8(7-11(10)16)13-17-12-4-2-1-3-9(12)14(19)18-13/h1-7,13,17H,(H,18,19). The number of carbonyl (C=O) groups excluding carboxylic acids is 1. The molecule has 0 aromatic heterocycles. The topological polar surface area (TPSA) is 41.1 Å². The Morgan fingerprint density at radius 2 is 1.74 bits per heavy atom. The fourth-order valence-electron chi connectivity index (χ4n) is 2.07. The Labute approximate surface area is 108 Å². The van der Waals surface area contributed by atoms with Crippen LogP contribution in [0.25, 0.3) is 0 Å². The van der Waals surface area contributed by atoms with E-state index in [-0.39, 0.29) is 5.91 Å². The van der Waals surface area contributed by atoms with E-state index in [0.29, 0.717) is 16.8 Å². The van der Waals surface area contributed by atoms with Crippen LogP contribution in [-0.4, -0.2) is 5.91 Å². The molecule has 0 fully saturated rings. The number of nitrogens with one attached hydrogen (secondary N) is 2. The Balaban J connectivity index is 1.96. The summed E-state index contributed by atoms with van der Waals surface area (Å²) in [5.41, 5.74) is 1.66. The second kappa shape index (κ2) is 4.35. The van der Waals surface area contributed by atoms with Gasteiger partial charge in [-0.05, 0) is 29.8 Å². The lowest BCUT2D eigenvalue weighted by Gasteiger charge is -2.28. The molecule has 0 bridgehead atoms. The summed E-state index contributed by atoms with van der Waals surface area (Å²) in [6.07, 6.45) is -0.572. The smallest absolute Gasteiger partial charge is 0.255 e. The summed E-state index contributed by atoms with van der Waals surface area (Å²) >= 11 is 0. The number of carbonyl (C=O) groups is 1. The number of anilines is 1. The molecular formula is C14H10F2N2O. The number of benzene rings is 2. The van der Waals surface area contributed by atoms with Crippen molar-refractivity contribution < 1.29 is 13.6 Å². The largest absolute Gasteiger partial charge is 0.361 e. The molecule has 0 saturated heterocycles. The molecule has 2 aromatic rings. The van der Waals surface area contributed by atoms with Gasteiger partial charge in [-0.3, -0.25) is 4.79 Å². The number of halogens is 2. The van der Waals surface area contributed by atoms with Crippen LogP contribution in [0, 0.1) is 11.6 Å². The Kier molecular flexibility index (Phi) is 2.67. The molecule has 1 aliphatic heterocycles. The molecule has 0 spiro atoms. The fourth-order valence-corrected chi connectivity index (χ4v) is 2.07. The van der Waals surface area contributed by atoms with Crippen molar-refractivity contribution in [1.29, 1.82) is 0 Å². The summed E-state index contributed by atoms with van der Waals surface area (Å²) in [6, 6.07) is 10.6. The molecule has 1 heterocycles. The van der Waals surface area contributed by atoms with Crippen LogP contribution < -0.4 is 10.6 Å². The van der Waals surface area contributed by atoms with Gasteiger partial charge in [-0.1, -0.05) is 18.2 Å². The molecule has 19 heavy (non-hydrogen) atoms. The third-order valence-electron chi connectivity index (χ3n) is 3.02. The van der Waals surface area contributed by atoms with E-state index in [2.05, 4.69) is 10.6 Å². The summed E-state index contributed by atoms with van der Waals surface area (Å²) in [6.45, 7) is 0. The van der Waals surface area contributed by atoms with E-state index in [9.17, 15) is 13.6 Å². The van der Waals surface area contributed by atoms with Crippen LogP contribution in [0.4, 0.5) is 14.5 Å². The molecule has 0 saturated carbocycles. The fraction of sp³-hybridized carbons (Fsp3) is 0.0714. The molecule has 1 amide bonds. The van der Waals surface area contributed by atoms with Crippen molar-refractivity contribution in [2.24, 2.45) is 0 Å². The third kappa shape index (κ3) is 2.03. The maximum Gasteiger partial charge on any atom is 0.255 e. The van der Waals surface area contributed by atoms with Crippen molar-refractivity contribution in [2.45, 2.75) is 6.17 Å². The number of hydrogen-bond acceptors (Lipinski definition) is 2. The minimum Gasteiger partial charge on any atom is -0.361 e. The van der Waals surface area contributed by atoms with E-state index in [4.69, 9.17) is 0 Å². The first kappa shape index (κ1) is 11.6. The summed E-state index contributed by atoms with van der Waals surface area (Å²) < 4.78 is 26.1. The molecule has 0 radical (unpaired) electrons. The number of hydrogen-bond donors (Lipinski definition) is 2. The van der Waals surface area contributed by atoms with Crippen LogP contribution in [0.2, 0.25) is 0 Å². The van der Waals surface area contributed by atoms with Crippen molar-refractivity contribution in [3.8, 4) is 0 Å². The second-order valence-corrected chi connectivity index (χ2v) is 4.27. The number of fused-ring (bicyclic) bond motifs is 1. The molecule has 3 nitrogen and oxygen atoms in total. The molecule has 1 unspecified atom stereocenters. The van der Waals surface area contributed by atoms with Crippen molar-refractivity contribution in [3.05, 3.63) is 65.2 Å². The normalized spacial score (nSPS) is 17.4. The van der Waals surface area contributed by atoms with Crippen LogP contribution >= 0.6 is 0 Å². The van der Waals surface area contributed by atoms with Crippen LogP contribution in [-0.2, 0) is 0 Å². The van der Waals surface area contributed by atoms with E-state index in [1.165, 1.54) is 6.07 Å². The highest BCUT2D eigenvalue weighted by Gasteiger charge is 2.24. The Morgan fingerprint density at radius 3 is 2.53 bits per heavy atom. The lowest BCUT2D eigenvalue weighted by atomic mass is 10.1. The van der Waals surface area contributed by atoms with Gasteiger partial charge in [0.25, 0.3) is 5.91 Å². The first-order valence-corrected chi connectivity index (χ1v) is 5.76. The minimum absolute atomic E-state index is 0.246. The molecule has 0 aliphatic carbocycles. The van der Waals surface area contributed by atoms with Gasteiger partial charge in [0.15, 0.2) is 11.6 Å². The summed E-state index contributed by atoms with van der Waals surface area (Å²) in [5.74, 6) is -2.09. The molecule has 5 heteroatoms. The number of amides is 1. The molecule has 3 rings (SSSR count). The Morgan fingerprint density at radius 1 is 0.947 bits per heavy atom. The number of rotatable bonds is 1. The van der Waals surface area contributed by atoms with Gasteiger partial charge in [0.05, 0.1) is 5.56 Å². The van der Waals surface area contributed by atoms with Crippen molar-refractivity contribution in [1.82, 2.24) is 5.32 Å². The van der Waals surface area contributed by atoms with Gasteiger partial charge in [0.2, 0.25) is 0 Å². The molecule has 1 atom stereocenters. The van der Waals surface area contributed by atoms with Crippen LogP contribution in [0.15, 0.2) is 42.5 Å².